The van der Waals surface area contributed by atoms with E-state index in [9.17, 15) is 9.59 Å². The standard InChI is InChI=1S/C26H33BrN2O3/c1-18-9-7-14-24(19(18)2)32-17-25(30)29(16-21-10-8-11-22(27)15-21)20(3)26(31)28-23-12-5-4-6-13-23/h7-11,14-15,20,23H,4-6,12-13,16-17H2,1-3H3,(H,28,31)/t20-/m0/s1. The minimum atomic E-state index is -0.592. The van der Waals surface area contributed by atoms with Crippen molar-refractivity contribution in [1.82, 2.24) is 10.2 Å². The fourth-order valence-electron chi connectivity index (χ4n) is 4.09. The maximum atomic E-state index is 13.2. The number of ether oxygens (including phenoxy) is 1. The molecule has 0 spiro atoms. The number of halogens is 1. The average molecular weight is 501 g/mol. The number of benzene rings is 2. The van der Waals surface area contributed by atoms with Crippen molar-refractivity contribution in [3.05, 3.63) is 63.6 Å². The Balaban J connectivity index is 1.73. The highest BCUT2D eigenvalue weighted by Gasteiger charge is 2.28. The van der Waals surface area contributed by atoms with E-state index in [1.54, 1.807) is 11.8 Å². The zero-order chi connectivity index (χ0) is 23.1. The van der Waals surface area contributed by atoms with Crippen molar-refractivity contribution in [2.75, 3.05) is 6.61 Å². The SMILES string of the molecule is Cc1cccc(OCC(=O)N(Cc2cccc(Br)c2)[C@@H](C)C(=O)NC2CCCCC2)c1C. The van der Waals surface area contributed by atoms with Crippen LogP contribution in [0.15, 0.2) is 46.9 Å². The van der Waals surface area contributed by atoms with Gasteiger partial charge in [-0.1, -0.05) is 59.5 Å². The average Bonchev–Trinajstić information content (AvgIpc) is 2.78. The molecule has 2 aromatic rings. The van der Waals surface area contributed by atoms with Crippen molar-refractivity contribution in [2.45, 2.75) is 71.5 Å². The highest BCUT2D eigenvalue weighted by Crippen LogP contribution is 2.22. The Morgan fingerprint density at radius 3 is 2.56 bits per heavy atom. The predicted molar refractivity (Wildman–Crippen MR) is 131 cm³/mol. The maximum absolute atomic E-state index is 13.2. The van der Waals surface area contributed by atoms with Gasteiger partial charge < -0.3 is 15.0 Å². The van der Waals surface area contributed by atoms with Gasteiger partial charge in [-0.25, -0.2) is 0 Å². The molecule has 1 N–H and O–H groups in total. The van der Waals surface area contributed by atoms with Gasteiger partial charge >= 0.3 is 0 Å². The third-order valence-electron chi connectivity index (χ3n) is 6.27. The largest absolute Gasteiger partial charge is 0.483 e. The molecule has 5 nitrogen and oxygen atoms in total. The van der Waals surface area contributed by atoms with Crippen LogP contribution in [0.2, 0.25) is 0 Å². The Kier molecular flexibility index (Phi) is 8.74. The van der Waals surface area contributed by atoms with Gasteiger partial charge in [-0.15, -0.1) is 0 Å². The second kappa shape index (κ2) is 11.5. The number of nitrogens with one attached hydrogen (secondary N) is 1. The number of amides is 2. The fraction of sp³-hybridized carbons (Fsp3) is 0.462. The third-order valence-corrected chi connectivity index (χ3v) is 6.76. The molecule has 6 heteroatoms. The van der Waals surface area contributed by atoms with E-state index < -0.39 is 6.04 Å². The Hall–Kier alpha value is -2.34. The number of nitrogens with zero attached hydrogens (tertiary/aromatic N) is 1. The number of hydrogen-bond acceptors (Lipinski definition) is 3. The van der Waals surface area contributed by atoms with Gasteiger partial charge in [-0.2, -0.15) is 0 Å². The summed E-state index contributed by atoms with van der Waals surface area (Å²) in [6, 6.07) is 13.2. The van der Waals surface area contributed by atoms with E-state index in [2.05, 4.69) is 21.2 Å². The van der Waals surface area contributed by atoms with Crippen molar-refractivity contribution in [3.63, 3.8) is 0 Å². The number of rotatable bonds is 8. The molecule has 0 aliphatic heterocycles. The molecule has 1 atom stereocenters. The monoisotopic (exact) mass is 500 g/mol. The summed E-state index contributed by atoms with van der Waals surface area (Å²) in [7, 11) is 0. The molecular formula is C26H33BrN2O3. The molecule has 2 amide bonds. The molecule has 0 radical (unpaired) electrons. The summed E-state index contributed by atoms with van der Waals surface area (Å²) in [5, 5.41) is 3.16. The van der Waals surface area contributed by atoms with Crippen molar-refractivity contribution in [1.29, 1.82) is 0 Å². The van der Waals surface area contributed by atoms with Crippen LogP contribution in [0, 0.1) is 13.8 Å². The molecule has 2 aromatic carbocycles. The molecule has 0 unspecified atom stereocenters. The Morgan fingerprint density at radius 2 is 1.84 bits per heavy atom. The van der Waals surface area contributed by atoms with Crippen molar-refractivity contribution in [3.8, 4) is 5.75 Å². The summed E-state index contributed by atoms with van der Waals surface area (Å²) in [6.07, 6.45) is 5.53. The van der Waals surface area contributed by atoms with Gasteiger partial charge in [0, 0.05) is 17.1 Å². The van der Waals surface area contributed by atoms with Gasteiger partial charge in [0.15, 0.2) is 6.61 Å². The Bertz CT molecular complexity index is 940. The zero-order valence-electron chi connectivity index (χ0n) is 19.2. The first-order chi connectivity index (χ1) is 15.3. The summed E-state index contributed by atoms with van der Waals surface area (Å²) in [5.41, 5.74) is 3.08. The minimum absolute atomic E-state index is 0.105. The lowest BCUT2D eigenvalue weighted by molar-refractivity contribution is -0.142. The van der Waals surface area contributed by atoms with Crippen LogP contribution in [0.3, 0.4) is 0 Å². The van der Waals surface area contributed by atoms with E-state index in [1.165, 1.54) is 6.42 Å². The molecule has 1 saturated carbocycles. The molecule has 0 aromatic heterocycles. The molecule has 3 rings (SSSR count). The van der Waals surface area contributed by atoms with Crippen molar-refractivity contribution < 1.29 is 14.3 Å². The van der Waals surface area contributed by atoms with E-state index >= 15 is 0 Å². The van der Waals surface area contributed by atoms with Crippen LogP contribution in [0.5, 0.6) is 5.75 Å². The minimum Gasteiger partial charge on any atom is -0.483 e. The van der Waals surface area contributed by atoms with E-state index in [0.29, 0.717) is 12.3 Å². The molecule has 0 bridgehead atoms. The molecular weight excluding hydrogens is 468 g/mol. The first kappa shape index (κ1) is 24.3. The van der Waals surface area contributed by atoms with Crippen LogP contribution < -0.4 is 10.1 Å². The van der Waals surface area contributed by atoms with Crippen molar-refractivity contribution in [2.24, 2.45) is 0 Å². The summed E-state index contributed by atoms with van der Waals surface area (Å²) < 4.78 is 6.81. The Labute approximate surface area is 199 Å². The predicted octanol–water partition coefficient (Wildman–Crippen LogP) is 5.31. The third kappa shape index (κ3) is 6.58. The summed E-state index contributed by atoms with van der Waals surface area (Å²) in [4.78, 5) is 27.9. The first-order valence-electron chi connectivity index (χ1n) is 11.4. The first-order valence-corrected chi connectivity index (χ1v) is 12.2. The number of aryl methyl sites for hydroxylation is 1. The number of hydrogen-bond donors (Lipinski definition) is 1. The second-order valence-electron chi connectivity index (χ2n) is 8.66. The quantitative estimate of drug-likeness (QED) is 0.534. The molecule has 1 aliphatic rings. The molecule has 32 heavy (non-hydrogen) atoms. The van der Waals surface area contributed by atoms with Gasteiger partial charge in [0.25, 0.3) is 5.91 Å². The van der Waals surface area contributed by atoms with E-state index in [0.717, 1.165) is 46.8 Å². The highest BCUT2D eigenvalue weighted by molar-refractivity contribution is 9.10. The lowest BCUT2D eigenvalue weighted by Crippen LogP contribution is -2.51. The van der Waals surface area contributed by atoms with Crippen LogP contribution in [-0.2, 0) is 16.1 Å². The second-order valence-corrected chi connectivity index (χ2v) is 9.57. The van der Waals surface area contributed by atoms with E-state index in [-0.39, 0.29) is 24.5 Å². The summed E-state index contributed by atoms with van der Waals surface area (Å²) >= 11 is 3.49. The van der Waals surface area contributed by atoms with Gasteiger partial charge in [0.2, 0.25) is 5.91 Å². The van der Waals surface area contributed by atoms with Crippen LogP contribution in [0.1, 0.15) is 55.7 Å². The lowest BCUT2D eigenvalue weighted by atomic mass is 9.95. The van der Waals surface area contributed by atoms with Gasteiger partial charge in [-0.05, 0) is 68.5 Å². The lowest BCUT2D eigenvalue weighted by Gasteiger charge is -2.31. The molecule has 1 fully saturated rings. The topological polar surface area (TPSA) is 58.6 Å². The van der Waals surface area contributed by atoms with Crippen LogP contribution in [-0.4, -0.2) is 35.4 Å². The van der Waals surface area contributed by atoms with E-state index in [1.807, 2.05) is 56.3 Å². The van der Waals surface area contributed by atoms with Gasteiger partial charge in [0.1, 0.15) is 11.8 Å². The normalized spacial score (nSPS) is 15.1. The molecule has 0 heterocycles. The maximum Gasteiger partial charge on any atom is 0.261 e. The van der Waals surface area contributed by atoms with Gasteiger partial charge in [0.05, 0.1) is 0 Å². The summed E-state index contributed by atoms with van der Waals surface area (Å²) in [6.45, 7) is 6.02. The van der Waals surface area contributed by atoms with Crippen molar-refractivity contribution >= 4 is 27.7 Å². The molecule has 1 aliphatic carbocycles. The van der Waals surface area contributed by atoms with Crippen LogP contribution in [0.4, 0.5) is 0 Å². The number of carbonyl (C=O) groups excluding carboxylic acids is 2. The van der Waals surface area contributed by atoms with Crippen LogP contribution >= 0.6 is 15.9 Å². The van der Waals surface area contributed by atoms with E-state index in [4.69, 9.17) is 4.74 Å². The molecule has 0 saturated heterocycles. The Morgan fingerprint density at radius 1 is 1.12 bits per heavy atom. The molecule has 172 valence electrons. The number of carbonyl (C=O) groups is 2. The highest BCUT2D eigenvalue weighted by atomic mass is 79.9. The van der Waals surface area contributed by atoms with Gasteiger partial charge in [-0.3, -0.25) is 9.59 Å². The summed E-state index contributed by atoms with van der Waals surface area (Å²) in [5.74, 6) is 0.379. The fourth-order valence-corrected chi connectivity index (χ4v) is 4.53. The van der Waals surface area contributed by atoms with Crippen LogP contribution in [0.25, 0.3) is 0 Å². The smallest absolute Gasteiger partial charge is 0.261 e. The zero-order valence-corrected chi connectivity index (χ0v) is 20.8.